The van der Waals surface area contributed by atoms with Crippen molar-refractivity contribution in [2.45, 2.75) is 20.0 Å². The van der Waals surface area contributed by atoms with Gasteiger partial charge in [0.05, 0.1) is 13.2 Å². The number of methoxy groups -OCH3 is 1. The summed E-state index contributed by atoms with van der Waals surface area (Å²) >= 11 is 0. The Bertz CT molecular complexity index is 427. The summed E-state index contributed by atoms with van der Waals surface area (Å²) in [7, 11) is 1.32. The highest BCUT2D eigenvalue weighted by Gasteiger charge is 2.14. The molecule has 0 aliphatic carbocycles. The fourth-order valence-corrected chi connectivity index (χ4v) is 1.25. The molecular weight excluding hydrogens is 204 g/mol. The molecular formula is C13H14O3. The van der Waals surface area contributed by atoms with Crippen molar-refractivity contribution in [3.8, 4) is 18.1 Å². The third-order valence-corrected chi connectivity index (χ3v) is 1.91. The second-order valence-corrected chi connectivity index (χ2v) is 3.51. The van der Waals surface area contributed by atoms with Crippen LogP contribution in [-0.2, 0) is 4.74 Å². The van der Waals surface area contributed by atoms with Crippen molar-refractivity contribution in [3.63, 3.8) is 0 Å². The normalized spacial score (nSPS) is 9.69. The molecule has 84 valence electrons. The maximum Gasteiger partial charge on any atom is 0.341 e. The molecule has 0 unspecified atom stereocenters. The summed E-state index contributed by atoms with van der Waals surface area (Å²) < 4.78 is 10.2. The van der Waals surface area contributed by atoms with E-state index in [0.29, 0.717) is 16.9 Å². The van der Waals surface area contributed by atoms with Gasteiger partial charge in [-0.05, 0) is 32.0 Å². The summed E-state index contributed by atoms with van der Waals surface area (Å²) in [6.07, 6.45) is 5.25. The quantitative estimate of drug-likeness (QED) is 0.576. The lowest BCUT2D eigenvalue weighted by Crippen LogP contribution is -2.11. The topological polar surface area (TPSA) is 35.5 Å². The van der Waals surface area contributed by atoms with Gasteiger partial charge in [-0.1, -0.05) is 5.92 Å². The fraction of sp³-hybridized carbons (Fsp3) is 0.308. The Morgan fingerprint density at radius 2 is 2.12 bits per heavy atom. The Morgan fingerprint density at radius 3 is 2.62 bits per heavy atom. The first-order chi connectivity index (χ1) is 7.58. The van der Waals surface area contributed by atoms with Crippen LogP contribution >= 0.6 is 0 Å². The Morgan fingerprint density at radius 1 is 1.44 bits per heavy atom. The van der Waals surface area contributed by atoms with E-state index in [1.807, 2.05) is 13.8 Å². The number of carbonyl (C=O) groups is 1. The molecule has 0 aliphatic heterocycles. The van der Waals surface area contributed by atoms with Crippen molar-refractivity contribution in [1.82, 2.24) is 0 Å². The highest BCUT2D eigenvalue weighted by Crippen LogP contribution is 2.22. The van der Waals surface area contributed by atoms with Crippen molar-refractivity contribution in [3.05, 3.63) is 29.3 Å². The average Bonchev–Trinajstić information content (AvgIpc) is 2.28. The van der Waals surface area contributed by atoms with E-state index in [1.165, 1.54) is 7.11 Å². The summed E-state index contributed by atoms with van der Waals surface area (Å²) in [4.78, 5) is 11.5. The zero-order chi connectivity index (χ0) is 12.1. The second-order valence-electron chi connectivity index (χ2n) is 3.51. The molecule has 0 N–H and O–H groups in total. The van der Waals surface area contributed by atoms with E-state index in [2.05, 4.69) is 10.7 Å². The van der Waals surface area contributed by atoms with Gasteiger partial charge in [-0.2, -0.15) is 0 Å². The van der Waals surface area contributed by atoms with Crippen LogP contribution in [0.3, 0.4) is 0 Å². The Kier molecular flexibility index (Phi) is 3.96. The molecule has 16 heavy (non-hydrogen) atoms. The Balaban J connectivity index is 3.17. The van der Waals surface area contributed by atoms with Crippen LogP contribution in [0.5, 0.6) is 5.75 Å². The number of carbonyl (C=O) groups excluding carboxylic acids is 1. The highest BCUT2D eigenvalue weighted by molar-refractivity contribution is 5.92. The average molecular weight is 218 g/mol. The number of benzene rings is 1. The smallest absolute Gasteiger partial charge is 0.341 e. The maximum atomic E-state index is 11.5. The van der Waals surface area contributed by atoms with Gasteiger partial charge in [0, 0.05) is 5.56 Å². The lowest BCUT2D eigenvalue weighted by atomic mass is 10.1. The van der Waals surface area contributed by atoms with Gasteiger partial charge in [0.15, 0.2) is 0 Å². The van der Waals surface area contributed by atoms with Crippen LogP contribution in [0.4, 0.5) is 0 Å². The third kappa shape index (κ3) is 2.77. The standard InChI is InChI=1S/C13H14O3/c1-5-10-6-7-12(16-9(2)3)11(8-10)13(14)15-4/h1,6-9H,2-4H3. The van der Waals surface area contributed by atoms with E-state index < -0.39 is 5.97 Å². The lowest BCUT2D eigenvalue weighted by molar-refractivity contribution is 0.0594. The summed E-state index contributed by atoms with van der Waals surface area (Å²) in [5, 5.41) is 0. The Hall–Kier alpha value is -1.95. The van der Waals surface area contributed by atoms with Gasteiger partial charge in [-0.15, -0.1) is 6.42 Å². The minimum atomic E-state index is -0.451. The molecule has 0 spiro atoms. The van der Waals surface area contributed by atoms with Gasteiger partial charge in [0.2, 0.25) is 0 Å². The van der Waals surface area contributed by atoms with Crippen LogP contribution in [-0.4, -0.2) is 19.2 Å². The lowest BCUT2D eigenvalue weighted by Gasteiger charge is -2.13. The number of terminal acetylenes is 1. The van der Waals surface area contributed by atoms with Gasteiger partial charge in [0.1, 0.15) is 11.3 Å². The number of hydrogen-bond donors (Lipinski definition) is 0. The zero-order valence-corrected chi connectivity index (χ0v) is 9.61. The minimum absolute atomic E-state index is 0.0138. The molecule has 0 saturated heterocycles. The fourth-order valence-electron chi connectivity index (χ4n) is 1.25. The monoisotopic (exact) mass is 218 g/mol. The van der Waals surface area contributed by atoms with Crippen molar-refractivity contribution >= 4 is 5.97 Å². The van der Waals surface area contributed by atoms with E-state index in [-0.39, 0.29) is 6.10 Å². The van der Waals surface area contributed by atoms with Crippen molar-refractivity contribution < 1.29 is 14.3 Å². The molecule has 1 rings (SSSR count). The van der Waals surface area contributed by atoms with Crippen LogP contribution in [0.2, 0.25) is 0 Å². The summed E-state index contributed by atoms with van der Waals surface area (Å²) in [6.45, 7) is 3.77. The molecule has 0 aromatic heterocycles. The SMILES string of the molecule is C#Cc1ccc(OC(C)C)c(C(=O)OC)c1. The predicted octanol–water partition coefficient (Wildman–Crippen LogP) is 2.24. The van der Waals surface area contributed by atoms with Crippen molar-refractivity contribution in [2.75, 3.05) is 7.11 Å². The van der Waals surface area contributed by atoms with Crippen molar-refractivity contribution in [2.24, 2.45) is 0 Å². The largest absolute Gasteiger partial charge is 0.490 e. The van der Waals surface area contributed by atoms with Gasteiger partial charge >= 0.3 is 5.97 Å². The van der Waals surface area contributed by atoms with Crippen LogP contribution < -0.4 is 4.74 Å². The van der Waals surface area contributed by atoms with Crippen LogP contribution in [0.15, 0.2) is 18.2 Å². The van der Waals surface area contributed by atoms with Gasteiger partial charge in [0.25, 0.3) is 0 Å². The molecule has 0 fully saturated rings. The van der Waals surface area contributed by atoms with Crippen molar-refractivity contribution in [1.29, 1.82) is 0 Å². The summed E-state index contributed by atoms with van der Waals surface area (Å²) in [5.74, 6) is 2.50. The molecule has 0 aliphatic rings. The first kappa shape index (κ1) is 12.1. The predicted molar refractivity (Wildman–Crippen MR) is 61.5 cm³/mol. The summed E-state index contributed by atoms with van der Waals surface area (Å²) in [5.41, 5.74) is 0.975. The van der Waals surface area contributed by atoms with E-state index in [0.717, 1.165) is 0 Å². The molecule has 0 amide bonds. The van der Waals surface area contributed by atoms with Gasteiger partial charge in [-0.3, -0.25) is 0 Å². The molecule has 3 nitrogen and oxygen atoms in total. The zero-order valence-electron chi connectivity index (χ0n) is 9.61. The molecule has 0 saturated carbocycles. The van der Waals surface area contributed by atoms with E-state index in [9.17, 15) is 4.79 Å². The molecule has 1 aromatic rings. The molecule has 0 radical (unpaired) electrons. The number of hydrogen-bond acceptors (Lipinski definition) is 3. The Labute approximate surface area is 95.4 Å². The second kappa shape index (κ2) is 5.22. The molecule has 3 heteroatoms. The first-order valence-corrected chi connectivity index (χ1v) is 4.94. The molecule has 0 heterocycles. The highest BCUT2D eigenvalue weighted by atomic mass is 16.5. The number of ether oxygens (including phenoxy) is 2. The summed E-state index contributed by atoms with van der Waals surface area (Å²) in [6, 6.07) is 5.00. The number of esters is 1. The molecule has 1 aromatic carbocycles. The van der Waals surface area contributed by atoms with Crippen LogP contribution in [0.25, 0.3) is 0 Å². The van der Waals surface area contributed by atoms with E-state index in [4.69, 9.17) is 11.2 Å². The third-order valence-electron chi connectivity index (χ3n) is 1.91. The van der Waals surface area contributed by atoms with E-state index in [1.54, 1.807) is 18.2 Å². The van der Waals surface area contributed by atoms with Gasteiger partial charge < -0.3 is 9.47 Å². The van der Waals surface area contributed by atoms with Gasteiger partial charge in [-0.25, -0.2) is 4.79 Å². The minimum Gasteiger partial charge on any atom is -0.490 e. The van der Waals surface area contributed by atoms with E-state index >= 15 is 0 Å². The number of rotatable bonds is 3. The van der Waals surface area contributed by atoms with Crippen LogP contribution in [0.1, 0.15) is 29.8 Å². The molecule has 0 atom stereocenters. The first-order valence-electron chi connectivity index (χ1n) is 4.94. The van der Waals surface area contributed by atoms with Crippen LogP contribution in [0, 0.1) is 12.3 Å². The molecule has 0 bridgehead atoms. The maximum absolute atomic E-state index is 11.5.